The Bertz CT molecular complexity index is 683. The van der Waals surface area contributed by atoms with Gasteiger partial charge in [0.1, 0.15) is 5.54 Å². The van der Waals surface area contributed by atoms with E-state index in [-0.39, 0.29) is 19.0 Å². The molecule has 118 valence electrons. The van der Waals surface area contributed by atoms with Crippen LogP contribution in [0.4, 0.5) is 13.2 Å². The highest BCUT2D eigenvalue weighted by atomic mass is 19.4. The van der Waals surface area contributed by atoms with E-state index in [0.717, 1.165) is 5.56 Å². The average Bonchev–Trinajstić information content (AvgIpc) is 2.86. The summed E-state index contributed by atoms with van der Waals surface area (Å²) < 4.78 is 46.8. The first-order valence-electron chi connectivity index (χ1n) is 7.01. The van der Waals surface area contributed by atoms with Gasteiger partial charge in [0.25, 0.3) is 0 Å². The largest absolute Gasteiger partial charge is 0.424 e. The molecule has 2 aromatic rings. The van der Waals surface area contributed by atoms with Crippen molar-refractivity contribution in [1.82, 2.24) is 15.1 Å². The summed E-state index contributed by atoms with van der Waals surface area (Å²) in [5.41, 5.74) is -1.03. The molecule has 7 heteroatoms. The monoisotopic (exact) mass is 311 g/mol. The Labute approximate surface area is 125 Å². The Morgan fingerprint density at radius 1 is 1.27 bits per heavy atom. The van der Waals surface area contributed by atoms with E-state index in [1.54, 1.807) is 31.2 Å². The second-order valence-corrected chi connectivity index (χ2v) is 5.61. The molecule has 0 amide bonds. The van der Waals surface area contributed by atoms with E-state index < -0.39 is 11.7 Å². The molecule has 0 radical (unpaired) electrons. The van der Waals surface area contributed by atoms with E-state index in [4.69, 9.17) is 4.42 Å². The van der Waals surface area contributed by atoms with Crippen LogP contribution in [0.25, 0.3) is 0 Å². The third kappa shape index (κ3) is 2.29. The molecular weight excluding hydrogens is 295 g/mol. The molecule has 0 saturated carbocycles. The molecule has 1 unspecified atom stereocenters. The number of nitrogens with zero attached hydrogens (tertiary/aromatic N) is 3. The molecule has 0 bridgehead atoms. The lowest BCUT2D eigenvalue weighted by Crippen LogP contribution is -2.57. The molecule has 1 aliphatic heterocycles. The number of hydrogen-bond acceptors (Lipinski definition) is 4. The van der Waals surface area contributed by atoms with Gasteiger partial charge < -0.3 is 4.42 Å². The third-order valence-corrected chi connectivity index (χ3v) is 4.27. The fourth-order valence-electron chi connectivity index (χ4n) is 3.00. The van der Waals surface area contributed by atoms with E-state index in [1.807, 2.05) is 0 Å². The molecule has 2 heterocycles. The van der Waals surface area contributed by atoms with Gasteiger partial charge in [0, 0.05) is 13.5 Å². The maximum absolute atomic E-state index is 13.9. The van der Waals surface area contributed by atoms with Gasteiger partial charge in [-0.1, -0.05) is 24.3 Å². The normalized spacial score (nSPS) is 22.6. The predicted octanol–water partition coefficient (Wildman–Crippen LogP) is 3.21. The van der Waals surface area contributed by atoms with Crippen LogP contribution in [0.2, 0.25) is 0 Å². The second kappa shape index (κ2) is 5.08. The van der Waals surface area contributed by atoms with Crippen LogP contribution < -0.4 is 0 Å². The number of fused-ring (bicyclic) bond motifs is 1. The number of hydrogen-bond donors (Lipinski definition) is 0. The van der Waals surface area contributed by atoms with Crippen LogP contribution in [0.5, 0.6) is 0 Å². The van der Waals surface area contributed by atoms with Crippen molar-refractivity contribution in [2.45, 2.75) is 38.5 Å². The smallest absolute Gasteiger partial charge is 0.410 e. The van der Waals surface area contributed by atoms with Crippen molar-refractivity contribution in [3.8, 4) is 0 Å². The van der Waals surface area contributed by atoms with Crippen LogP contribution in [0.15, 0.2) is 28.7 Å². The lowest BCUT2D eigenvalue weighted by molar-refractivity contribution is -0.237. The van der Waals surface area contributed by atoms with Crippen LogP contribution in [-0.4, -0.2) is 27.8 Å². The summed E-state index contributed by atoms with van der Waals surface area (Å²) in [6, 6.07) is 6.72. The standard InChI is InChI=1S/C15H16F3N3O/c1-10-19-20-13(22-10)9-21-8-7-11-5-3-4-6-12(11)14(21,2)15(16,17)18/h3-6H,7-9H2,1-2H3. The average molecular weight is 311 g/mol. The second-order valence-electron chi connectivity index (χ2n) is 5.61. The molecule has 1 aliphatic rings. The number of halogens is 3. The van der Waals surface area contributed by atoms with Gasteiger partial charge in [0.2, 0.25) is 11.8 Å². The zero-order valence-corrected chi connectivity index (χ0v) is 12.3. The summed E-state index contributed by atoms with van der Waals surface area (Å²) in [5, 5.41) is 7.50. The zero-order chi connectivity index (χ0) is 16.0. The minimum atomic E-state index is -4.40. The van der Waals surface area contributed by atoms with E-state index >= 15 is 0 Å². The van der Waals surface area contributed by atoms with E-state index in [0.29, 0.717) is 17.9 Å². The van der Waals surface area contributed by atoms with Gasteiger partial charge in [-0.25, -0.2) is 0 Å². The zero-order valence-electron chi connectivity index (χ0n) is 12.3. The van der Waals surface area contributed by atoms with Crippen molar-refractivity contribution in [1.29, 1.82) is 0 Å². The summed E-state index contributed by atoms with van der Waals surface area (Å²) in [5.74, 6) is 0.550. The number of alkyl halides is 3. The van der Waals surface area contributed by atoms with Gasteiger partial charge in [-0.3, -0.25) is 4.90 Å². The van der Waals surface area contributed by atoms with E-state index in [1.165, 1.54) is 11.8 Å². The summed E-state index contributed by atoms with van der Waals surface area (Å²) in [6.45, 7) is 3.10. The highest BCUT2D eigenvalue weighted by Gasteiger charge is 2.58. The first-order valence-corrected chi connectivity index (χ1v) is 7.01. The Hall–Kier alpha value is -1.89. The topological polar surface area (TPSA) is 42.2 Å². The molecule has 4 nitrogen and oxygen atoms in total. The lowest BCUT2D eigenvalue weighted by atomic mass is 9.81. The van der Waals surface area contributed by atoms with Gasteiger partial charge >= 0.3 is 6.18 Å². The van der Waals surface area contributed by atoms with Gasteiger partial charge in [-0.05, 0) is 24.5 Å². The highest BCUT2D eigenvalue weighted by molar-refractivity contribution is 5.37. The fraction of sp³-hybridized carbons (Fsp3) is 0.467. The molecule has 0 N–H and O–H groups in total. The first-order chi connectivity index (χ1) is 10.3. The van der Waals surface area contributed by atoms with Crippen LogP contribution in [-0.2, 0) is 18.5 Å². The van der Waals surface area contributed by atoms with Gasteiger partial charge in [0.15, 0.2) is 0 Å². The Morgan fingerprint density at radius 3 is 2.64 bits per heavy atom. The van der Waals surface area contributed by atoms with Crippen molar-refractivity contribution >= 4 is 0 Å². The molecular formula is C15H16F3N3O. The lowest BCUT2D eigenvalue weighted by Gasteiger charge is -2.46. The highest BCUT2D eigenvalue weighted by Crippen LogP contribution is 2.47. The van der Waals surface area contributed by atoms with Crippen molar-refractivity contribution in [3.63, 3.8) is 0 Å². The number of benzene rings is 1. The number of rotatable bonds is 2. The van der Waals surface area contributed by atoms with Crippen molar-refractivity contribution in [3.05, 3.63) is 47.2 Å². The fourth-order valence-corrected chi connectivity index (χ4v) is 3.00. The van der Waals surface area contributed by atoms with Gasteiger partial charge in [-0.2, -0.15) is 13.2 Å². The molecule has 1 atom stereocenters. The molecule has 22 heavy (non-hydrogen) atoms. The third-order valence-electron chi connectivity index (χ3n) is 4.27. The van der Waals surface area contributed by atoms with E-state index in [2.05, 4.69) is 10.2 Å². The molecule has 0 spiro atoms. The van der Waals surface area contributed by atoms with Crippen molar-refractivity contribution in [2.24, 2.45) is 0 Å². The molecule has 0 aliphatic carbocycles. The molecule has 0 fully saturated rings. The van der Waals surface area contributed by atoms with Crippen molar-refractivity contribution < 1.29 is 17.6 Å². The van der Waals surface area contributed by atoms with Crippen LogP contribution in [0, 0.1) is 6.92 Å². The first kappa shape index (κ1) is 15.0. The summed E-state index contributed by atoms with van der Waals surface area (Å²) in [6.07, 6.45) is -3.84. The van der Waals surface area contributed by atoms with Crippen molar-refractivity contribution in [2.75, 3.05) is 6.54 Å². The minimum Gasteiger partial charge on any atom is -0.424 e. The molecule has 1 aromatic heterocycles. The van der Waals surface area contributed by atoms with Crippen LogP contribution in [0.3, 0.4) is 0 Å². The predicted molar refractivity (Wildman–Crippen MR) is 73.0 cm³/mol. The summed E-state index contributed by atoms with van der Waals surface area (Å²) in [4.78, 5) is 1.36. The van der Waals surface area contributed by atoms with E-state index in [9.17, 15) is 13.2 Å². The van der Waals surface area contributed by atoms with Crippen LogP contribution >= 0.6 is 0 Å². The van der Waals surface area contributed by atoms with Crippen LogP contribution in [0.1, 0.15) is 29.8 Å². The van der Waals surface area contributed by atoms with Gasteiger partial charge in [0.05, 0.1) is 6.54 Å². The minimum absolute atomic E-state index is 0.0226. The van der Waals surface area contributed by atoms with Gasteiger partial charge in [-0.15, -0.1) is 10.2 Å². The summed E-state index contributed by atoms with van der Waals surface area (Å²) >= 11 is 0. The quantitative estimate of drug-likeness (QED) is 0.854. The Morgan fingerprint density at radius 2 is 2.00 bits per heavy atom. The molecule has 0 saturated heterocycles. The number of aryl methyl sites for hydroxylation is 1. The molecule has 1 aromatic carbocycles. The Kier molecular flexibility index (Phi) is 3.47. The maximum atomic E-state index is 13.9. The Balaban J connectivity index is 2.03. The number of aromatic nitrogens is 2. The molecule has 3 rings (SSSR count). The summed E-state index contributed by atoms with van der Waals surface area (Å²) in [7, 11) is 0. The SMILES string of the molecule is Cc1nnc(CN2CCc3ccccc3C2(C)C(F)(F)F)o1. The maximum Gasteiger partial charge on any atom is 0.410 e.